The second kappa shape index (κ2) is 19.2. The lowest BCUT2D eigenvalue weighted by atomic mass is 9.74. The molecule has 10 atom stereocenters. The molecule has 1 amide bonds. The number of benzene rings is 1. The number of hydrogen-bond acceptors (Lipinski definition) is 12. The molecule has 3 aliphatic rings. The summed E-state index contributed by atoms with van der Waals surface area (Å²) in [5.74, 6) is -1.24. The number of piperazine rings is 1. The number of carbonyl (C=O) groups excluding carboxylic acids is 3. The summed E-state index contributed by atoms with van der Waals surface area (Å²) in [6.45, 7) is 19.1. The fourth-order valence-electron chi connectivity index (χ4n) is 8.88. The van der Waals surface area contributed by atoms with Crippen molar-refractivity contribution in [2.45, 2.75) is 130 Å². The summed E-state index contributed by atoms with van der Waals surface area (Å²) in [6, 6.07) is 7.06. The number of aliphatic hydroxyl groups excluding tert-OH is 1. The van der Waals surface area contributed by atoms with Gasteiger partial charge in [0.2, 0.25) is 5.91 Å². The van der Waals surface area contributed by atoms with Crippen LogP contribution in [0.2, 0.25) is 0 Å². The third-order valence-corrected chi connectivity index (χ3v) is 12.0. The molecule has 0 aliphatic carbocycles. The minimum absolute atomic E-state index is 0.0396. The summed E-state index contributed by atoms with van der Waals surface area (Å²) >= 11 is 0. The first kappa shape index (κ1) is 45.1. The van der Waals surface area contributed by atoms with Crippen LogP contribution >= 0.6 is 0 Å². The van der Waals surface area contributed by atoms with Gasteiger partial charge in [-0.2, -0.15) is 0 Å². The third kappa shape index (κ3) is 10.7. The fraction of sp³-hybridized carbons (Fsp3) is 0.786. The maximum atomic E-state index is 14.7. The molecule has 0 bridgehead atoms. The zero-order chi connectivity index (χ0) is 40.8. The molecule has 0 unspecified atom stereocenters. The van der Waals surface area contributed by atoms with Gasteiger partial charge in [0.15, 0.2) is 12.1 Å². The Kier molecular flexibility index (Phi) is 15.7. The Morgan fingerprint density at radius 3 is 2.31 bits per heavy atom. The highest BCUT2D eigenvalue weighted by Gasteiger charge is 2.52. The topological polar surface area (TPSA) is 131 Å². The first-order valence-electron chi connectivity index (χ1n) is 20.2. The van der Waals surface area contributed by atoms with Crippen LogP contribution in [0.15, 0.2) is 24.3 Å². The molecule has 0 spiro atoms. The van der Waals surface area contributed by atoms with Gasteiger partial charge in [-0.3, -0.25) is 24.2 Å². The van der Waals surface area contributed by atoms with Crippen LogP contribution in [0.4, 0.5) is 0 Å². The van der Waals surface area contributed by atoms with E-state index in [0.717, 1.165) is 24.3 Å². The second-order valence-electron chi connectivity index (χ2n) is 17.2. The van der Waals surface area contributed by atoms with Crippen LogP contribution in [0.25, 0.3) is 0 Å². The van der Waals surface area contributed by atoms with Gasteiger partial charge in [-0.1, -0.05) is 32.9 Å². The molecule has 312 valence electrons. The standard InChI is InChI=1S/C42H70N4O9/c1-13-17-46-25-27(2)24-42(8,52-12)37(55-39-35(47)33(43(9)10)22-28(3)53-39)29(4)36(48)41(6,7)40(50)54-30(5)34(46)38(49)45-20-18-44(19-21-45)26-31-15-14-16-32(23-31)51-11/h14-16,23,27-30,33-35,37,39,47H,13,17-22,24-26H2,1-12H3/t27-,28-,29+,30+,33+,34-,35-,37-,39+,42-/m1/s1. The van der Waals surface area contributed by atoms with Gasteiger partial charge in [0.1, 0.15) is 29.4 Å². The maximum Gasteiger partial charge on any atom is 0.319 e. The molecule has 3 aliphatic heterocycles. The largest absolute Gasteiger partial charge is 0.497 e. The number of methoxy groups -OCH3 is 2. The summed E-state index contributed by atoms with van der Waals surface area (Å²) in [4.78, 5) is 51.7. The zero-order valence-corrected chi connectivity index (χ0v) is 35.6. The zero-order valence-electron chi connectivity index (χ0n) is 35.6. The summed E-state index contributed by atoms with van der Waals surface area (Å²) in [5, 5.41) is 11.5. The highest BCUT2D eigenvalue weighted by molar-refractivity contribution is 6.04. The van der Waals surface area contributed by atoms with Crippen molar-refractivity contribution in [2.75, 3.05) is 67.6 Å². The molecule has 3 saturated heterocycles. The van der Waals surface area contributed by atoms with E-state index in [1.807, 2.05) is 55.9 Å². The number of cyclic esters (lactones) is 1. The lowest BCUT2D eigenvalue weighted by Gasteiger charge is -2.47. The summed E-state index contributed by atoms with van der Waals surface area (Å²) in [5.41, 5.74) is -1.47. The van der Waals surface area contributed by atoms with Gasteiger partial charge in [0.05, 0.1) is 24.9 Å². The number of aliphatic hydroxyl groups is 1. The van der Waals surface area contributed by atoms with E-state index in [9.17, 15) is 19.5 Å². The molecule has 1 N–H and O–H groups in total. The Balaban J connectivity index is 1.64. The quantitative estimate of drug-likeness (QED) is 0.274. The van der Waals surface area contributed by atoms with E-state index in [4.69, 9.17) is 23.7 Å². The van der Waals surface area contributed by atoms with E-state index in [1.54, 1.807) is 41.9 Å². The van der Waals surface area contributed by atoms with Gasteiger partial charge >= 0.3 is 5.97 Å². The van der Waals surface area contributed by atoms with Crippen LogP contribution in [-0.4, -0.2) is 158 Å². The third-order valence-electron chi connectivity index (χ3n) is 12.0. The van der Waals surface area contributed by atoms with Crippen LogP contribution in [0.1, 0.15) is 80.2 Å². The SMILES string of the molecule is CCCN1C[C@H](C)C[C@@](C)(OC)[C@H](O[C@@H]2O[C@H](C)C[C@H](N(C)C)[C@H]2O)[C@@H](C)C(=O)C(C)(C)C(=O)O[C@@H](C)[C@@H]1C(=O)N1CCN(Cc2cccc(OC)c2)CC1. The van der Waals surface area contributed by atoms with E-state index < -0.39 is 53.5 Å². The number of ketones is 1. The van der Waals surface area contributed by atoms with Crippen molar-refractivity contribution < 1.29 is 43.2 Å². The van der Waals surface area contributed by atoms with Crippen molar-refractivity contribution >= 4 is 17.7 Å². The minimum atomic E-state index is -1.58. The van der Waals surface area contributed by atoms with E-state index in [-0.39, 0.29) is 29.8 Å². The van der Waals surface area contributed by atoms with Crippen LogP contribution in [0.3, 0.4) is 0 Å². The van der Waals surface area contributed by atoms with E-state index in [2.05, 4.69) is 29.7 Å². The molecule has 3 fully saturated rings. The van der Waals surface area contributed by atoms with Gasteiger partial charge in [-0.15, -0.1) is 0 Å². The van der Waals surface area contributed by atoms with Gasteiger partial charge < -0.3 is 38.6 Å². The smallest absolute Gasteiger partial charge is 0.319 e. The first-order chi connectivity index (χ1) is 25.9. The summed E-state index contributed by atoms with van der Waals surface area (Å²) in [6.07, 6.45) is -2.06. The van der Waals surface area contributed by atoms with Crippen molar-refractivity contribution in [3.63, 3.8) is 0 Å². The lowest BCUT2D eigenvalue weighted by molar-refractivity contribution is -0.295. The Bertz CT molecular complexity index is 1440. The van der Waals surface area contributed by atoms with Crippen molar-refractivity contribution in [3.8, 4) is 5.75 Å². The second-order valence-corrected chi connectivity index (χ2v) is 17.2. The number of nitrogens with zero attached hydrogens (tertiary/aromatic N) is 4. The average molecular weight is 775 g/mol. The number of Topliss-reactive ketones (excluding diaryl/α,β-unsaturated/α-hetero) is 1. The predicted octanol–water partition coefficient (Wildman–Crippen LogP) is 3.84. The molecule has 1 aromatic carbocycles. The molecule has 13 nitrogen and oxygen atoms in total. The molecular formula is C42H70N4O9. The molecule has 0 saturated carbocycles. The number of rotatable bonds is 10. The lowest BCUT2D eigenvalue weighted by Crippen LogP contribution is -2.59. The molecule has 55 heavy (non-hydrogen) atoms. The van der Waals surface area contributed by atoms with E-state index in [0.29, 0.717) is 52.1 Å². The number of carbonyl (C=O) groups is 3. The molecule has 1 aromatic rings. The molecule has 0 radical (unpaired) electrons. The molecule has 13 heteroatoms. The van der Waals surface area contributed by atoms with E-state index >= 15 is 0 Å². The van der Waals surface area contributed by atoms with Gasteiger partial charge in [-0.05, 0) is 98.1 Å². The Hall–Kier alpha value is -2.65. The molecular weight excluding hydrogens is 704 g/mol. The number of likely N-dealkylation sites (N-methyl/N-ethyl adjacent to an activating group) is 1. The highest BCUT2D eigenvalue weighted by atomic mass is 16.7. The van der Waals surface area contributed by atoms with Gasteiger partial charge in [0, 0.05) is 58.3 Å². The molecule has 4 rings (SSSR count). The summed E-state index contributed by atoms with van der Waals surface area (Å²) in [7, 11) is 7.09. The highest BCUT2D eigenvalue weighted by Crippen LogP contribution is 2.39. The van der Waals surface area contributed by atoms with Crippen LogP contribution < -0.4 is 4.74 Å². The average Bonchev–Trinajstić information content (AvgIpc) is 3.14. The fourth-order valence-corrected chi connectivity index (χ4v) is 8.88. The van der Waals surface area contributed by atoms with Crippen LogP contribution in [0.5, 0.6) is 5.75 Å². The number of ether oxygens (including phenoxy) is 5. The van der Waals surface area contributed by atoms with Crippen LogP contribution in [-0.2, 0) is 39.9 Å². The van der Waals surface area contributed by atoms with Crippen molar-refractivity contribution in [1.29, 1.82) is 0 Å². The van der Waals surface area contributed by atoms with E-state index in [1.165, 1.54) is 0 Å². The Labute approximate surface area is 329 Å². The number of esters is 1. The van der Waals surface area contributed by atoms with Gasteiger partial charge in [0.25, 0.3) is 0 Å². The molecule has 3 heterocycles. The number of amides is 1. The summed E-state index contributed by atoms with van der Waals surface area (Å²) < 4.78 is 30.8. The monoisotopic (exact) mass is 775 g/mol. The van der Waals surface area contributed by atoms with Crippen LogP contribution in [0, 0.1) is 17.3 Å². The minimum Gasteiger partial charge on any atom is -0.497 e. The predicted molar refractivity (Wildman–Crippen MR) is 211 cm³/mol. The molecule has 0 aromatic heterocycles. The Morgan fingerprint density at radius 2 is 1.71 bits per heavy atom. The van der Waals surface area contributed by atoms with Crippen molar-refractivity contribution in [3.05, 3.63) is 29.8 Å². The normalized spacial score (nSPS) is 34.7. The first-order valence-corrected chi connectivity index (χ1v) is 20.2. The van der Waals surface area contributed by atoms with Gasteiger partial charge in [-0.25, -0.2) is 0 Å². The Morgan fingerprint density at radius 1 is 1.04 bits per heavy atom. The van der Waals surface area contributed by atoms with Crippen molar-refractivity contribution in [2.24, 2.45) is 17.3 Å². The van der Waals surface area contributed by atoms with Crippen molar-refractivity contribution in [1.82, 2.24) is 19.6 Å². The maximum absolute atomic E-state index is 14.7. The number of hydrogen-bond donors (Lipinski definition) is 1.